The Balaban J connectivity index is 1.85. The number of ether oxygens (including phenoxy) is 1. The van der Waals surface area contributed by atoms with Crippen molar-refractivity contribution in [3.63, 3.8) is 0 Å². The molecule has 0 unspecified atom stereocenters. The maximum Gasteiger partial charge on any atom is 0.349 e. The number of halogens is 1. The van der Waals surface area contributed by atoms with Gasteiger partial charge in [-0.25, -0.2) is 4.79 Å². The van der Waals surface area contributed by atoms with Gasteiger partial charge in [-0.3, -0.25) is 4.79 Å². The number of esters is 1. The molecule has 26 heavy (non-hydrogen) atoms. The van der Waals surface area contributed by atoms with Crippen LogP contribution in [0.3, 0.4) is 0 Å². The van der Waals surface area contributed by atoms with Crippen LogP contribution in [0.4, 0.5) is 0 Å². The molecule has 0 aromatic heterocycles. The van der Waals surface area contributed by atoms with Gasteiger partial charge in [-0.1, -0.05) is 53.6 Å². The van der Waals surface area contributed by atoms with Gasteiger partial charge in [0.15, 0.2) is 6.61 Å². The van der Waals surface area contributed by atoms with E-state index in [1.54, 1.807) is 42.5 Å². The third kappa shape index (κ3) is 6.08. The lowest BCUT2D eigenvalue weighted by Crippen LogP contribution is -2.28. The van der Waals surface area contributed by atoms with Crippen LogP contribution >= 0.6 is 11.6 Å². The van der Waals surface area contributed by atoms with Crippen molar-refractivity contribution in [1.82, 2.24) is 5.32 Å². The van der Waals surface area contributed by atoms with Crippen molar-refractivity contribution >= 4 is 29.6 Å². The molecule has 6 heteroatoms. The molecule has 0 saturated carbocycles. The first-order valence-corrected chi connectivity index (χ1v) is 8.22. The highest BCUT2D eigenvalue weighted by atomic mass is 35.5. The number of benzene rings is 2. The van der Waals surface area contributed by atoms with E-state index in [2.05, 4.69) is 5.32 Å². The molecular weight excluding hydrogens is 352 g/mol. The number of rotatable bonds is 6. The predicted molar refractivity (Wildman–Crippen MR) is 99.0 cm³/mol. The number of carbonyl (C=O) groups excluding carboxylic acids is 2. The number of hydrogen-bond acceptors (Lipinski definition) is 4. The van der Waals surface area contributed by atoms with E-state index in [1.807, 2.05) is 19.1 Å². The summed E-state index contributed by atoms with van der Waals surface area (Å²) < 4.78 is 4.90. The lowest BCUT2D eigenvalue weighted by atomic mass is 10.1. The molecule has 0 radical (unpaired) electrons. The van der Waals surface area contributed by atoms with Crippen molar-refractivity contribution in [1.29, 1.82) is 5.26 Å². The molecule has 0 bridgehead atoms. The summed E-state index contributed by atoms with van der Waals surface area (Å²) >= 11 is 5.79. The quantitative estimate of drug-likeness (QED) is 0.481. The molecule has 0 aliphatic carbocycles. The standard InChI is InChI=1S/C20H17ClN2O3/c1-14-2-4-15(5-3-14)10-17(11-22)20(25)26-13-19(24)23-12-16-6-8-18(21)9-7-16/h2-10H,12-13H2,1H3,(H,23,24)/b17-10+. The Morgan fingerprint density at radius 3 is 2.42 bits per heavy atom. The molecule has 2 rings (SSSR count). The normalized spacial score (nSPS) is 10.7. The Labute approximate surface area is 156 Å². The molecule has 1 amide bonds. The Hall–Kier alpha value is -3.10. The first-order chi connectivity index (χ1) is 12.5. The number of nitrogens with one attached hydrogen (secondary N) is 1. The minimum absolute atomic E-state index is 0.167. The largest absolute Gasteiger partial charge is 0.451 e. The maximum atomic E-state index is 12.0. The number of nitrogens with zero attached hydrogens (tertiary/aromatic N) is 1. The molecule has 0 aliphatic heterocycles. The van der Waals surface area contributed by atoms with Crippen LogP contribution in [0, 0.1) is 18.3 Å². The summed E-state index contributed by atoms with van der Waals surface area (Å²) in [6, 6.07) is 16.1. The van der Waals surface area contributed by atoms with Crippen molar-refractivity contribution in [3.8, 4) is 6.07 Å². The molecule has 0 fully saturated rings. The second kappa shape index (κ2) is 9.40. The van der Waals surface area contributed by atoms with Gasteiger partial charge in [-0.05, 0) is 36.3 Å². The lowest BCUT2D eigenvalue weighted by molar-refractivity contribution is -0.144. The van der Waals surface area contributed by atoms with Crippen LogP contribution < -0.4 is 5.32 Å². The molecule has 0 saturated heterocycles. The SMILES string of the molecule is Cc1ccc(/C=C(\C#N)C(=O)OCC(=O)NCc2ccc(Cl)cc2)cc1. The van der Waals surface area contributed by atoms with Crippen molar-refractivity contribution in [3.05, 3.63) is 75.8 Å². The van der Waals surface area contributed by atoms with Gasteiger partial charge >= 0.3 is 5.97 Å². The average Bonchev–Trinajstić information content (AvgIpc) is 2.65. The summed E-state index contributed by atoms with van der Waals surface area (Å²) in [6.07, 6.45) is 1.42. The highest BCUT2D eigenvalue weighted by Gasteiger charge is 2.13. The smallest absolute Gasteiger partial charge is 0.349 e. The number of carbonyl (C=O) groups is 2. The van der Waals surface area contributed by atoms with Crippen LogP contribution in [-0.4, -0.2) is 18.5 Å². The zero-order chi connectivity index (χ0) is 18.9. The fourth-order valence-electron chi connectivity index (χ4n) is 2.03. The fraction of sp³-hybridized carbons (Fsp3) is 0.150. The minimum Gasteiger partial charge on any atom is -0.451 e. The van der Waals surface area contributed by atoms with Gasteiger partial charge in [0.2, 0.25) is 0 Å². The fourth-order valence-corrected chi connectivity index (χ4v) is 2.15. The lowest BCUT2D eigenvalue weighted by Gasteiger charge is -2.06. The maximum absolute atomic E-state index is 12.0. The van der Waals surface area contributed by atoms with Crippen LogP contribution in [0.15, 0.2) is 54.1 Å². The first kappa shape index (κ1) is 19.2. The third-order valence-electron chi connectivity index (χ3n) is 3.47. The van der Waals surface area contributed by atoms with Crippen LogP contribution in [0.5, 0.6) is 0 Å². The van der Waals surface area contributed by atoms with Crippen molar-refractivity contribution < 1.29 is 14.3 Å². The Bertz CT molecular complexity index is 850. The van der Waals surface area contributed by atoms with Crippen molar-refractivity contribution in [2.24, 2.45) is 0 Å². The van der Waals surface area contributed by atoms with Crippen molar-refractivity contribution in [2.75, 3.05) is 6.61 Å². The van der Waals surface area contributed by atoms with Gasteiger partial charge in [0, 0.05) is 11.6 Å². The highest BCUT2D eigenvalue weighted by molar-refractivity contribution is 6.30. The van der Waals surface area contributed by atoms with Gasteiger partial charge < -0.3 is 10.1 Å². The zero-order valence-corrected chi connectivity index (χ0v) is 14.9. The van der Waals surface area contributed by atoms with E-state index in [1.165, 1.54) is 6.08 Å². The summed E-state index contributed by atoms with van der Waals surface area (Å²) in [6.45, 7) is 1.77. The molecule has 2 aromatic rings. The predicted octanol–water partition coefficient (Wildman–Crippen LogP) is 3.42. The second-order valence-electron chi connectivity index (χ2n) is 5.56. The summed E-state index contributed by atoms with van der Waals surface area (Å²) in [7, 11) is 0. The van der Waals surface area contributed by atoms with Crippen LogP contribution in [0.2, 0.25) is 5.02 Å². The Morgan fingerprint density at radius 1 is 1.15 bits per heavy atom. The summed E-state index contributed by atoms with van der Waals surface area (Å²) in [5, 5.41) is 12.4. The van der Waals surface area contributed by atoms with E-state index in [9.17, 15) is 9.59 Å². The minimum atomic E-state index is -0.838. The zero-order valence-electron chi connectivity index (χ0n) is 14.2. The summed E-state index contributed by atoms with van der Waals surface area (Å²) in [4.78, 5) is 23.7. The van der Waals surface area contributed by atoms with E-state index in [0.717, 1.165) is 11.1 Å². The van der Waals surface area contributed by atoms with E-state index in [4.69, 9.17) is 21.6 Å². The summed E-state index contributed by atoms with van der Waals surface area (Å²) in [5.74, 6) is -1.30. The van der Waals surface area contributed by atoms with E-state index >= 15 is 0 Å². The van der Waals surface area contributed by atoms with E-state index in [0.29, 0.717) is 10.6 Å². The van der Waals surface area contributed by atoms with Crippen LogP contribution in [0.25, 0.3) is 6.08 Å². The number of hydrogen-bond donors (Lipinski definition) is 1. The van der Waals surface area contributed by atoms with E-state index in [-0.39, 0.29) is 12.1 Å². The molecule has 2 aromatic carbocycles. The van der Waals surface area contributed by atoms with Gasteiger partial charge in [0.1, 0.15) is 11.6 Å². The Kier molecular flexibility index (Phi) is 6.95. The molecule has 132 valence electrons. The number of nitriles is 1. The van der Waals surface area contributed by atoms with E-state index < -0.39 is 18.5 Å². The van der Waals surface area contributed by atoms with Gasteiger partial charge in [-0.15, -0.1) is 0 Å². The highest BCUT2D eigenvalue weighted by Crippen LogP contribution is 2.10. The Morgan fingerprint density at radius 2 is 1.81 bits per heavy atom. The molecule has 0 atom stereocenters. The average molecular weight is 369 g/mol. The summed E-state index contributed by atoms with van der Waals surface area (Å²) in [5.41, 5.74) is 2.47. The molecule has 0 aliphatic rings. The third-order valence-corrected chi connectivity index (χ3v) is 3.72. The van der Waals surface area contributed by atoms with Gasteiger partial charge in [-0.2, -0.15) is 5.26 Å². The van der Waals surface area contributed by atoms with Gasteiger partial charge in [0.05, 0.1) is 0 Å². The van der Waals surface area contributed by atoms with Gasteiger partial charge in [0.25, 0.3) is 5.91 Å². The van der Waals surface area contributed by atoms with Crippen LogP contribution in [0.1, 0.15) is 16.7 Å². The number of aryl methyl sites for hydroxylation is 1. The first-order valence-electron chi connectivity index (χ1n) is 7.84. The van der Waals surface area contributed by atoms with Crippen LogP contribution in [-0.2, 0) is 20.9 Å². The topological polar surface area (TPSA) is 79.2 Å². The molecule has 5 nitrogen and oxygen atoms in total. The molecule has 1 N–H and O–H groups in total. The molecule has 0 spiro atoms. The monoisotopic (exact) mass is 368 g/mol. The van der Waals surface area contributed by atoms with Crippen molar-refractivity contribution in [2.45, 2.75) is 13.5 Å². The second-order valence-corrected chi connectivity index (χ2v) is 6.00. The number of amides is 1. The molecular formula is C20H17ClN2O3. The molecule has 0 heterocycles.